The van der Waals surface area contributed by atoms with Gasteiger partial charge in [-0.1, -0.05) is 11.6 Å². The Balaban J connectivity index is 2.14. The molecule has 2 rings (SSSR count). The molecule has 0 saturated heterocycles. The summed E-state index contributed by atoms with van der Waals surface area (Å²) < 4.78 is 51.5. The summed E-state index contributed by atoms with van der Waals surface area (Å²) >= 11 is 10.6. The topological polar surface area (TPSA) is 24.1 Å². The van der Waals surface area contributed by atoms with Crippen molar-refractivity contribution in [3.05, 3.63) is 58.4 Å². The van der Waals surface area contributed by atoms with Crippen LogP contribution in [-0.2, 0) is 6.18 Å². The van der Waals surface area contributed by atoms with E-state index >= 15 is 0 Å². The fraction of sp³-hybridized carbons (Fsp3) is 0.133. The second-order valence-corrected chi connectivity index (χ2v) is 5.55. The van der Waals surface area contributed by atoms with Crippen LogP contribution < -0.4 is 10.6 Å². The maximum absolute atomic E-state index is 13.0. The highest BCUT2D eigenvalue weighted by Gasteiger charge is 2.33. The van der Waals surface area contributed by atoms with Crippen LogP contribution in [0.3, 0.4) is 0 Å². The Hall–Kier alpha value is -1.86. The van der Waals surface area contributed by atoms with Gasteiger partial charge in [0.05, 0.1) is 10.6 Å². The molecule has 2 aromatic rings. The van der Waals surface area contributed by atoms with Crippen molar-refractivity contribution in [3.8, 4) is 0 Å². The smallest absolute Gasteiger partial charge is 0.332 e. The van der Waals surface area contributed by atoms with E-state index in [1.807, 2.05) is 0 Å². The van der Waals surface area contributed by atoms with Crippen molar-refractivity contribution in [2.75, 3.05) is 10.6 Å². The molecular weight excluding hydrogens is 352 g/mol. The first-order valence-electron chi connectivity index (χ1n) is 6.38. The van der Waals surface area contributed by atoms with E-state index in [4.69, 9.17) is 23.8 Å². The largest absolute Gasteiger partial charge is 0.417 e. The molecule has 0 bridgehead atoms. The van der Waals surface area contributed by atoms with Crippen molar-refractivity contribution in [1.29, 1.82) is 0 Å². The Labute approximate surface area is 140 Å². The third-order valence-corrected chi connectivity index (χ3v) is 3.50. The molecule has 0 aliphatic rings. The second-order valence-electron chi connectivity index (χ2n) is 4.73. The van der Waals surface area contributed by atoms with E-state index in [9.17, 15) is 17.6 Å². The minimum atomic E-state index is -4.56. The second kappa shape index (κ2) is 6.72. The van der Waals surface area contributed by atoms with E-state index in [2.05, 4.69) is 10.6 Å². The van der Waals surface area contributed by atoms with Crippen LogP contribution in [0.2, 0.25) is 5.02 Å². The number of benzene rings is 2. The highest BCUT2D eigenvalue weighted by molar-refractivity contribution is 7.80. The van der Waals surface area contributed by atoms with Gasteiger partial charge in [-0.15, -0.1) is 0 Å². The molecule has 122 valence electrons. The van der Waals surface area contributed by atoms with Crippen molar-refractivity contribution in [2.45, 2.75) is 13.1 Å². The fourth-order valence-electron chi connectivity index (χ4n) is 1.87. The van der Waals surface area contributed by atoms with Gasteiger partial charge in [0.2, 0.25) is 0 Å². The number of thiocarbonyl (C=S) groups is 1. The van der Waals surface area contributed by atoms with Gasteiger partial charge in [-0.2, -0.15) is 13.2 Å². The molecule has 0 atom stereocenters. The molecule has 2 N–H and O–H groups in total. The van der Waals surface area contributed by atoms with Crippen molar-refractivity contribution in [3.63, 3.8) is 0 Å². The Kier molecular flexibility index (Phi) is 5.11. The Morgan fingerprint density at radius 3 is 2.39 bits per heavy atom. The van der Waals surface area contributed by atoms with Crippen molar-refractivity contribution >= 4 is 40.3 Å². The lowest BCUT2D eigenvalue weighted by Crippen LogP contribution is -2.20. The zero-order chi connectivity index (χ0) is 17.2. The molecule has 2 aromatic carbocycles. The minimum absolute atomic E-state index is 0.0788. The van der Waals surface area contributed by atoms with Crippen molar-refractivity contribution < 1.29 is 17.6 Å². The van der Waals surface area contributed by atoms with Gasteiger partial charge in [0.15, 0.2) is 5.11 Å². The van der Waals surface area contributed by atoms with Crippen LogP contribution in [0.1, 0.15) is 11.1 Å². The Morgan fingerprint density at radius 1 is 1.09 bits per heavy atom. The first kappa shape index (κ1) is 17.5. The molecule has 23 heavy (non-hydrogen) atoms. The lowest BCUT2D eigenvalue weighted by molar-refractivity contribution is -0.137. The summed E-state index contributed by atoms with van der Waals surface area (Å²) in [6.45, 7) is 1.68. The van der Waals surface area contributed by atoms with Gasteiger partial charge < -0.3 is 10.6 Å². The Morgan fingerprint density at radius 2 is 1.78 bits per heavy atom. The molecule has 0 unspecified atom stereocenters. The number of halogens is 5. The van der Waals surface area contributed by atoms with Gasteiger partial charge in [-0.05, 0) is 61.1 Å². The number of rotatable bonds is 2. The number of alkyl halides is 3. The quantitative estimate of drug-likeness (QED) is 0.536. The number of aryl methyl sites for hydroxylation is 1. The van der Waals surface area contributed by atoms with Crippen LogP contribution in [0.15, 0.2) is 36.4 Å². The summed E-state index contributed by atoms with van der Waals surface area (Å²) in [4.78, 5) is 0. The first-order valence-corrected chi connectivity index (χ1v) is 7.16. The number of anilines is 2. The highest BCUT2D eigenvalue weighted by atomic mass is 35.5. The molecule has 0 heterocycles. The molecule has 0 aliphatic heterocycles. The predicted octanol–water partition coefficient (Wildman–Crippen LogP) is 5.62. The summed E-state index contributed by atoms with van der Waals surface area (Å²) in [5.41, 5.74) is 0.346. The van der Waals surface area contributed by atoms with E-state index in [1.165, 1.54) is 24.3 Å². The van der Waals surface area contributed by atoms with Crippen LogP contribution in [-0.4, -0.2) is 5.11 Å². The predicted molar refractivity (Wildman–Crippen MR) is 87.4 cm³/mol. The summed E-state index contributed by atoms with van der Waals surface area (Å²) in [6.07, 6.45) is -4.56. The maximum Gasteiger partial charge on any atom is 0.417 e. The molecule has 0 fully saturated rings. The van der Waals surface area contributed by atoms with Gasteiger partial charge >= 0.3 is 6.18 Å². The number of hydrogen-bond donors (Lipinski definition) is 2. The van der Waals surface area contributed by atoms with Gasteiger partial charge in [-0.25, -0.2) is 4.39 Å². The van der Waals surface area contributed by atoms with Crippen LogP contribution in [0, 0.1) is 12.7 Å². The molecule has 0 saturated carbocycles. The molecule has 0 amide bonds. The van der Waals surface area contributed by atoms with E-state index < -0.39 is 16.8 Å². The summed E-state index contributed by atoms with van der Waals surface area (Å²) in [6, 6.07) is 7.44. The average Bonchev–Trinajstić information content (AvgIpc) is 2.43. The Bertz CT molecular complexity index is 747. The van der Waals surface area contributed by atoms with Crippen molar-refractivity contribution in [2.24, 2.45) is 0 Å². The molecule has 0 radical (unpaired) electrons. The summed E-state index contributed by atoms with van der Waals surface area (Å²) in [5, 5.41) is 5.12. The van der Waals surface area contributed by atoms with Gasteiger partial charge in [0, 0.05) is 11.4 Å². The standard InChI is InChI=1S/C15H11ClF4N2S/c1-8-6-9(17)2-5-13(8)22-14(23)21-10-3-4-12(16)11(7-10)15(18,19)20/h2-7H,1H3,(H2,21,22,23). The third-order valence-electron chi connectivity index (χ3n) is 2.97. The van der Waals surface area contributed by atoms with Gasteiger partial charge in [-0.3, -0.25) is 0 Å². The maximum atomic E-state index is 13.0. The van der Waals surface area contributed by atoms with E-state index in [0.29, 0.717) is 11.3 Å². The van der Waals surface area contributed by atoms with Crippen LogP contribution in [0.25, 0.3) is 0 Å². The van der Waals surface area contributed by atoms with Crippen LogP contribution in [0.4, 0.5) is 28.9 Å². The number of nitrogens with one attached hydrogen (secondary N) is 2. The molecule has 0 aromatic heterocycles. The van der Waals surface area contributed by atoms with Gasteiger partial charge in [0.25, 0.3) is 0 Å². The molecular formula is C15H11ClF4N2S. The highest BCUT2D eigenvalue weighted by Crippen LogP contribution is 2.36. The zero-order valence-corrected chi connectivity index (χ0v) is 13.3. The lowest BCUT2D eigenvalue weighted by Gasteiger charge is -2.15. The third kappa shape index (κ3) is 4.56. The van der Waals surface area contributed by atoms with Crippen LogP contribution in [0.5, 0.6) is 0 Å². The van der Waals surface area contributed by atoms with Crippen LogP contribution >= 0.6 is 23.8 Å². The molecule has 0 aliphatic carbocycles. The summed E-state index contributed by atoms with van der Waals surface area (Å²) in [7, 11) is 0. The minimum Gasteiger partial charge on any atom is -0.332 e. The fourth-order valence-corrected chi connectivity index (χ4v) is 2.32. The average molecular weight is 363 g/mol. The van der Waals surface area contributed by atoms with Gasteiger partial charge in [0.1, 0.15) is 5.82 Å². The molecule has 0 spiro atoms. The van der Waals surface area contributed by atoms with Crippen molar-refractivity contribution in [1.82, 2.24) is 0 Å². The first-order chi connectivity index (χ1) is 10.7. The normalized spacial score (nSPS) is 11.2. The molecule has 8 heteroatoms. The van der Waals surface area contributed by atoms with E-state index in [1.54, 1.807) is 6.92 Å². The number of hydrogen-bond acceptors (Lipinski definition) is 1. The lowest BCUT2D eigenvalue weighted by atomic mass is 10.2. The van der Waals surface area contributed by atoms with E-state index in [-0.39, 0.29) is 16.6 Å². The summed E-state index contributed by atoms with van der Waals surface area (Å²) in [5.74, 6) is -0.389. The van der Waals surface area contributed by atoms with E-state index in [0.717, 1.165) is 12.1 Å². The monoisotopic (exact) mass is 362 g/mol. The molecule has 2 nitrogen and oxygen atoms in total. The SMILES string of the molecule is Cc1cc(F)ccc1NC(=S)Nc1ccc(Cl)c(C(F)(F)F)c1. The zero-order valence-electron chi connectivity index (χ0n) is 11.8.